The van der Waals surface area contributed by atoms with Crippen LogP contribution in [0.4, 0.5) is 15.8 Å². The first-order valence-corrected chi connectivity index (χ1v) is 9.69. The Labute approximate surface area is 172 Å². The zero-order chi connectivity index (χ0) is 19.6. The first kappa shape index (κ1) is 20.2. The normalized spacial score (nSPS) is 16.3. The van der Waals surface area contributed by atoms with Gasteiger partial charge in [-0.2, -0.15) is 0 Å². The third-order valence-electron chi connectivity index (χ3n) is 4.70. The van der Waals surface area contributed by atoms with Crippen LogP contribution in [0.15, 0.2) is 36.4 Å². The van der Waals surface area contributed by atoms with Crippen LogP contribution in [0, 0.1) is 5.82 Å². The van der Waals surface area contributed by atoms with Crippen molar-refractivity contribution in [3.05, 3.63) is 57.3 Å². The number of anilines is 2. The maximum Gasteiger partial charge on any atom is 0.241 e. The van der Waals surface area contributed by atoms with Crippen LogP contribution < -0.4 is 10.2 Å². The minimum absolute atomic E-state index is 0.186. The molecule has 144 valence electrons. The Morgan fingerprint density at radius 3 is 2.33 bits per heavy atom. The zero-order valence-corrected chi connectivity index (χ0v) is 17.0. The minimum atomic E-state index is -0.363. The Hall–Kier alpha value is -1.53. The number of nitrogens with one attached hydrogen (secondary N) is 1. The van der Waals surface area contributed by atoms with Crippen molar-refractivity contribution in [3.8, 4) is 0 Å². The van der Waals surface area contributed by atoms with Crippen LogP contribution in [-0.4, -0.2) is 43.0 Å². The number of nitrogens with zero attached hydrogens (tertiary/aromatic N) is 2. The van der Waals surface area contributed by atoms with Crippen molar-refractivity contribution in [2.24, 2.45) is 0 Å². The predicted molar refractivity (Wildman–Crippen MR) is 110 cm³/mol. The molecule has 1 fully saturated rings. The summed E-state index contributed by atoms with van der Waals surface area (Å²) in [6, 6.07) is 9.40. The third-order valence-corrected chi connectivity index (χ3v) is 5.74. The van der Waals surface area contributed by atoms with E-state index in [4.69, 9.17) is 34.8 Å². The van der Waals surface area contributed by atoms with Crippen LogP contribution in [0.3, 0.4) is 0 Å². The number of halogens is 4. The lowest BCUT2D eigenvalue weighted by molar-refractivity contribution is -0.120. The van der Waals surface area contributed by atoms with Crippen molar-refractivity contribution in [3.63, 3.8) is 0 Å². The van der Waals surface area contributed by atoms with Gasteiger partial charge < -0.3 is 10.2 Å². The van der Waals surface area contributed by atoms with Gasteiger partial charge in [0.1, 0.15) is 5.82 Å². The number of para-hydroxylation sites is 1. The van der Waals surface area contributed by atoms with E-state index in [1.54, 1.807) is 12.1 Å². The maximum absolute atomic E-state index is 13.9. The molecule has 0 saturated carbocycles. The number of benzene rings is 2. The fourth-order valence-corrected chi connectivity index (χ4v) is 3.67. The summed E-state index contributed by atoms with van der Waals surface area (Å²) in [7, 11) is 0. The second kappa shape index (κ2) is 8.65. The first-order chi connectivity index (χ1) is 12.9. The fraction of sp³-hybridized carbons (Fsp3) is 0.316. The van der Waals surface area contributed by atoms with Crippen LogP contribution in [0.5, 0.6) is 0 Å². The molecule has 1 saturated heterocycles. The van der Waals surface area contributed by atoms with E-state index < -0.39 is 0 Å². The van der Waals surface area contributed by atoms with Crippen molar-refractivity contribution in [2.45, 2.75) is 13.0 Å². The van der Waals surface area contributed by atoms with Crippen LogP contribution in [-0.2, 0) is 4.79 Å². The largest absolute Gasteiger partial charge is 0.367 e. The van der Waals surface area contributed by atoms with Crippen molar-refractivity contribution in [2.75, 3.05) is 36.4 Å². The van der Waals surface area contributed by atoms with Crippen molar-refractivity contribution in [1.82, 2.24) is 4.90 Å². The number of hydrogen-bond donors (Lipinski definition) is 1. The molecule has 1 heterocycles. The number of carbonyl (C=O) groups is 1. The third kappa shape index (κ3) is 4.66. The van der Waals surface area contributed by atoms with E-state index in [9.17, 15) is 9.18 Å². The Balaban J connectivity index is 1.60. The van der Waals surface area contributed by atoms with E-state index >= 15 is 0 Å². The Morgan fingerprint density at radius 1 is 1.04 bits per heavy atom. The summed E-state index contributed by atoms with van der Waals surface area (Å²) in [5.41, 5.74) is 1.02. The summed E-state index contributed by atoms with van der Waals surface area (Å²) in [5, 5.41) is 3.78. The molecule has 0 radical (unpaired) electrons. The van der Waals surface area contributed by atoms with Crippen molar-refractivity contribution < 1.29 is 9.18 Å². The van der Waals surface area contributed by atoms with E-state index in [2.05, 4.69) is 10.2 Å². The molecule has 0 bridgehead atoms. The highest BCUT2D eigenvalue weighted by Crippen LogP contribution is 2.32. The van der Waals surface area contributed by atoms with Gasteiger partial charge in [-0.3, -0.25) is 9.69 Å². The van der Waals surface area contributed by atoms with E-state index in [-0.39, 0.29) is 17.8 Å². The highest BCUT2D eigenvalue weighted by molar-refractivity contribution is 6.44. The average molecular weight is 431 g/mol. The Morgan fingerprint density at radius 2 is 1.67 bits per heavy atom. The van der Waals surface area contributed by atoms with Gasteiger partial charge >= 0.3 is 0 Å². The second-order valence-corrected chi connectivity index (χ2v) is 7.61. The summed E-state index contributed by atoms with van der Waals surface area (Å²) in [5.74, 6) is -0.416. The lowest BCUT2D eigenvalue weighted by Gasteiger charge is -2.38. The number of hydrogen-bond acceptors (Lipinski definition) is 3. The summed E-state index contributed by atoms with van der Waals surface area (Å²) in [6.07, 6.45) is 0. The topological polar surface area (TPSA) is 35.6 Å². The summed E-state index contributed by atoms with van der Waals surface area (Å²) in [4.78, 5) is 16.7. The molecule has 1 aliphatic rings. The molecule has 1 amide bonds. The number of rotatable bonds is 4. The van der Waals surface area contributed by atoms with Gasteiger partial charge in [-0.05, 0) is 31.2 Å². The van der Waals surface area contributed by atoms with Gasteiger partial charge in [0.25, 0.3) is 0 Å². The van der Waals surface area contributed by atoms with Gasteiger partial charge in [0, 0.05) is 26.2 Å². The molecule has 4 nitrogen and oxygen atoms in total. The van der Waals surface area contributed by atoms with Crippen molar-refractivity contribution >= 4 is 52.1 Å². The van der Waals surface area contributed by atoms with E-state index in [1.165, 1.54) is 18.2 Å². The highest BCUT2D eigenvalue weighted by Gasteiger charge is 2.27. The number of amides is 1. The average Bonchev–Trinajstić information content (AvgIpc) is 2.66. The molecule has 1 aliphatic heterocycles. The van der Waals surface area contributed by atoms with Gasteiger partial charge in [-0.25, -0.2) is 4.39 Å². The molecule has 0 aliphatic carbocycles. The van der Waals surface area contributed by atoms with Gasteiger partial charge in [-0.15, -0.1) is 0 Å². The van der Waals surface area contributed by atoms with Crippen LogP contribution in [0.25, 0.3) is 0 Å². The van der Waals surface area contributed by atoms with Gasteiger partial charge in [0.15, 0.2) is 0 Å². The lowest BCUT2D eigenvalue weighted by Crippen LogP contribution is -2.53. The molecule has 3 rings (SSSR count). The van der Waals surface area contributed by atoms with Crippen LogP contribution >= 0.6 is 34.8 Å². The molecule has 1 unspecified atom stereocenters. The van der Waals surface area contributed by atoms with Gasteiger partial charge in [-0.1, -0.05) is 46.9 Å². The Kier molecular flexibility index (Phi) is 6.48. The molecular formula is C19H19Cl3FN3O. The molecule has 1 atom stereocenters. The second-order valence-electron chi connectivity index (χ2n) is 6.39. The summed E-state index contributed by atoms with van der Waals surface area (Å²) < 4.78 is 13.9. The number of piperazine rings is 1. The standard InChI is InChI=1S/C19H19Cl3FN3O/c1-12(19(27)24-17-11-14(21)13(20)10-15(17)22)25-6-8-26(9-7-25)18-5-3-2-4-16(18)23/h2-5,10-12H,6-9H2,1H3,(H,24,27). The molecule has 0 spiro atoms. The molecule has 2 aromatic rings. The number of carbonyl (C=O) groups excluding carboxylic acids is 1. The minimum Gasteiger partial charge on any atom is -0.367 e. The summed E-state index contributed by atoms with van der Waals surface area (Å²) >= 11 is 18.0. The quantitative estimate of drug-likeness (QED) is 0.698. The lowest BCUT2D eigenvalue weighted by atomic mass is 10.2. The van der Waals surface area contributed by atoms with Crippen molar-refractivity contribution in [1.29, 1.82) is 0 Å². The highest BCUT2D eigenvalue weighted by atomic mass is 35.5. The zero-order valence-electron chi connectivity index (χ0n) is 14.7. The molecule has 27 heavy (non-hydrogen) atoms. The molecule has 0 aromatic heterocycles. The van der Waals surface area contributed by atoms with Gasteiger partial charge in [0.2, 0.25) is 5.91 Å². The van der Waals surface area contributed by atoms with E-state index in [0.717, 1.165) is 0 Å². The molecular weight excluding hydrogens is 412 g/mol. The maximum atomic E-state index is 13.9. The smallest absolute Gasteiger partial charge is 0.241 e. The monoisotopic (exact) mass is 429 g/mol. The first-order valence-electron chi connectivity index (χ1n) is 8.55. The SMILES string of the molecule is CC(C(=O)Nc1cc(Cl)c(Cl)cc1Cl)N1CCN(c2ccccc2F)CC1. The van der Waals surface area contributed by atoms with Gasteiger partial charge in [0.05, 0.1) is 32.5 Å². The summed E-state index contributed by atoms with van der Waals surface area (Å²) in [6.45, 7) is 4.42. The van der Waals surface area contributed by atoms with Crippen LogP contribution in [0.1, 0.15) is 6.92 Å². The molecule has 1 N–H and O–H groups in total. The predicted octanol–water partition coefficient (Wildman–Crippen LogP) is 4.94. The van der Waals surface area contributed by atoms with E-state index in [1.807, 2.05) is 17.9 Å². The molecule has 8 heteroatoms. The fourth-order valence-electron chi connectivity index (χ4n) is 3.08. The van der Waals surface area contributed by atoms with Crippen LogP contribution in [0.2, 0.25) is 15.1 Å². The Bertz CT molecular complexity index is 841. The molecule has 2 aromatic carbocycles. The van der Waals surface area contributed by atoms with E-state index in [0.29, 0.717) is 52.6 Å².